The lowest BCUT2D eigenvalue weighted by atomic mass is 10.1. The second-order valence-electron chi connectivity index (χ2n) is 5.68. The number of aromatic nitrogens is 1. The Balaban J connectivity index is 1.74. The second-order valence-corrected chi connectivity index (χ2v) is 6.71. The van der Waals surface area contributed by atoms with Crippen molar-refractivity contribution in [3.63, 3.8) is 0 Å². The average molecular weight is 324 g/mol. The van der Waals surface area contributed by atoms with Crippen molar-refractivity contribution in [2.45, 2.75) is 26.1 Å². The zero-order valence-corrected chi connectivity index (χ0v) is 13.5. The Morgan fingerprint density at radius 2 is 2.17 bits per heavy atom. The molecule has 116 valence electrons. The summed E-state index contributed by atoms with van der Waals surface area (Å²) in [7, 11) is 0. The van der Waals surface area contributed by atoms with E-state index in [-0.39, 0.29) is 5.91 Å². The van der Waals surface area contributed by atoms with E-state index in [1.54, 1.807) is 18.3 Å². The fraction of sp³-hybridized carbons (Fsp3) is 0.222. The van der Waals surface area contributed by atoms with Crippen LogP contribution in [0.5, 0.6) is 5.88 Å². The number of benzene rings is 1. The highest BCUT2D eigenvalue weighted by atomic mass is 32.1. The van der Waals surface area contributed by atoms with Gasteiger partial charge in [0.25, 0.3) is 5.91 Å². The minimum Gasteiger partial charge on any atom is -0.464 e. The zero-order valence-electron chi connectivity index (χ0n) is 12.7. The van der Waals surface area contributed by atoms with Gasteiger partial charge in [-0.15, -0.1) is 11.3 Å². The molecule has 0 unspecified atom stereocenters. The average Bonchev–Trinajstić information content (AvgIpc) is 3.03. The quantitative estimate of drug-likeness (QED) is 0.723. The van der Waals surface area contributed by atoms with Crippen molar-refractivity contribution in [2.24, 2.45) is 0 Å². The summed E-state index contributed by atoms with van der Waals surface area (Å²) in [5.41, 5.74) is 1.84. The lowest BCUT2D eigenvalue weighted by Gasteiger charge is -2.21. The zero-order chi connectivity index (χ0) is 15.8. The molecule has 0 bridgehead atoms. The fourth-order valence-electron chi connectivity index (χ4n) is 2.84. The normalized spacial score (nSPS) is 17.7. The van der Waals surface area contributed by atoms with Crippen molar-refractivity contribution in [1.82, 2.24) is 9.88 Å². The molecule has 0 aliphatic carbocycles. The van der Waals surface area contributed by atoms with Crippen molar-refractivity contribution in [3.05, 3.63) is 58.3 Å². The third-order valence-corrected chi connectivity index (χ3v) is 4.86. The van der Waals surface area contributed by atoms with Gasteiger partial charge in [0.2, 0.25) is 5.88 Å². The fourth-order valence-corrected chi connectivity index (χ4v) is 3.56. The Labute approximate surface area is 138 Å². The van der Waals surface area contributed by atoms with Crippen LogP contribution >= 0.6 is 11.3 Å². The van der Waals surface area contributed by atoms with E-state index in [1.807, 2.05) is 46.7 Å². The molecule has 23 heavy (non-hydrogen) atoms. The molecule has 5 heteroatoms. The number of amides is 1. The van der Waals surface area contributed by atoms with E-state index in [1.165, 1.54) is 4.88 Å². The number of carbonyl (C=O) groups excluding carboxylic acids is 1. The Hall–Kier alpha value is -2.40. The van der Waals surface area contributed by atoms with Crippen LogP contribution in [0.4, 0.5) is 0 Å². The number of fused-ring (bicyclic) bond motifs is 2. The highest BCUT2D eigenvalue weighted by molar-refractivity contribution is 7.09. The molecule has 0 fully saturated rings. The Morgan fingerprint density at radius 3 is 3.00 bits per heavy atom. The van der Waals surface area contributed by atoms with Gasteiger partial charge in [-0.1, -0.05) is 24.3 Å². The van der Waals surface area contributed by atoms with E-state index in [4.69, 9.17) is 4.74 Å². The predicted octanol–water partition coefficient (Wildman–Crippen LogP) is 3.61. The molecule has 3 heterocycles. The number of hydrogen-bond donors (Lipinski definition) is 0. The van der Waals surface area contributed by atoms with Crippen LogP contribution in [-0.2, 0) is 17.9 Å². The summed E-state index contributed by atoms with van der Waals surface area (Å²) < 4.78 is 5.83. The number of pyridine rings is 1. The lowest BCUT2D eigenvalue weighted by molar-refractivity contribution is -0.138. The topological polar surface area (TPSA) is 42.4 Å². The van der Waals surface area contributed by atoms with Gasteiger partial charge in [-0.2, -0.15) is 0 Å². The van der Waals surface area contributed by atoms with E-state index < -0.39 is 6.10 Å². The van der Waals surface area contributed by atoms with Gasteiger partial charge in [-0.3, -0.25) is 4.79 Å². The summed E-state index contributed by atoms with van der Waals surface area (Å²) in [6, 6.07) is 14.1. The molecule has 1 aliphatic heterocycles. The highest BCUT2D eigenvalue weighted by Gasteiger charge is 2.29. The molecular weight excluding hydrogens is 308 g/mol. The molecule has 4 rings (SSSR count). The number of nitrogens with zero attached hydrogens (tertiary/aromatic N) is 2. The Morgan fingerprint density at radius 1 is 1.30 bits per heavy atom. The molecule has 0 radical (unpaired) electrons. The SMILES string of the molecule is C[C@@H]1Oc2nc3ccccc3cc2CN(Cc2cccs2)C1=O. The molecule has 0 saturated heterocycles. The van der Waals surface area contributed by atoms with Gasteiger partial charge < -0.3 is 9.64 Å². The van der Waals surface area contributed by atoms with E-state index in [9.17, 15) is 4.79 Å². The first kappa shape index (κ1) is 14.2. The summed E-state index contributed by atoms with van der Waals surface area (Å²) in [5.74, 6) is 0.568. The molecule has 2 aromatic heterocycles. The van der Waals surface area contributed by atoms with Crippen LogP contribution in [0.15, 0.2) is 47.8 Å². The number of thiophene rings is 1. The van der Waals surface area contributed by atoms with E-state index in [0.29, 0.717) is 19.0 Å². The maximum Gasteiger partial charge on any atom is 0.264 e. The summed E-state index contributed by atoms with van der Waals surface area (Å²) in [4.78, 5) is 20.2. The van der Waals surface area contributed by atoms with Gasteiger partial charge in [0, 0.05) is 15.8 Å². The summed E-state index contributed by atoms with van der Waals surface area (Å²) in [6.07, 6.45) is -0.523. The lowest BCUT2D eigenvalue weighted by Crippen LogP contribution is -2.37. The molecule has 1 atom stereocenters. The Bertz CT molecular complexity index is 861. The van der Waals surface area contributed by atoms with E-state index in [0.717, 1.165) is 16.5 Å². The first-order chi connectivity index (χ1) is 11.2. The summed E-state index contributed by atoms with van der Waals surface area (Å²) in [5, 5.41) is 3.09. The minimum atomic E-state index is -0.523. The number of para-hydroxylation sites is 1. The van der Waals surface area contributed by atoms with Gasteiger partial charge in [-0.05, 0) is 30.5 Å². The summed E-state index contributed by atoms with van der Waals surface area (Å²) >= 11 is 1.66. The molecule has 3 aromatic rings. The van der Waals surface area contributed by atoms with Gasteiger partial charge in [0.1, 0.15) is 0 Å². The molecule has 1 aromatic carbocycles. The molecule has 1 amide bonds. The molecule has 0 spiro atoms. The maximum absolute atomic E-state index is 12.6. The number of rotatable bonds is 2. The van der Waals surface area contributed by atoms with Crippen molar-refractivity contribution >= 4 is 28.1 Å². The first-order valence-corrected chi connectivity index (χ1v) is 8.45. The highest BCUT2D eigenvalue weighted by Crippen LogP contribution is 2.28. The van der Waals surface area contributed by atoms with Crippen molar-refractivity contribution in [3.8, 4) is 5.88 Å². The largest absolute Gasteiger partial charge is 0.464 e. The molecule has 0 saturated carbocycles. The van der Waals surface area contributed by atoms with Crippen LogP contribution in [0.1, 0.15) is 17.4 Å². The number of ether oxygens (including phenoxy) is 1. The Kier molecular flexibility index (Phi) is 3.50. The number of hydrogen-bond acceptors (Lipinski definition) is 4. The van der Waals surface area contributed by atoms with Crippen molar-refractivity contribution < 1.29 is 9.53 Å². The predicted molar refractivity (Wildman–Crippen MR) is 90.4 cm³/mol. The molecular formula is C18H16N2O2S. The van der Waals surface area contributed by atoms with Gasteiger partial charge in [-0.25, -0.2) is 4.98 Å². The standard InChI is InChI=1S/C18H16N2O2S/c1-12-18(21)20(11-15-6-4-8-23-15)10-14-9-13-5-2-3-7-16(13)19-17(14)22-12/h2-9,12H,10-11H2,1H3/t12-/m0/s1. The second kappa shape index (κ2) is 5.66. The third kappa shape index (κ3) is 2.68. The van der Waals surface area contributed by atoms with Crippen LogP contribution in [0, 0.1) is 0 Å². The maximum atomic E-state index is 12.6. The van der Waals surface area contributed by atoms with Gasteiger partial charge >= 0.3 is 0 Å². The van der Waals surface area contributed by atoms with Crippen molar-refractivity contribution in [2.75, 3.05) is 0 Å². The van der Waals surface area contributed by atoms with Crippen LogP contribution in [0.3, 0.4) is 0 Å². The van der Waals surface area contributed by atoms with Crippen molar-refractivity contribution in [1.29, 1.82) is 0 Å². The van der Waals surface area contributed by atoms with E-state index >= 15 is 0 Å². The molecule has 4 nitrogen and oxygen atoms in total. The minimum absolute atomic E-state index is 0.000422. The van der Waals surface area contributed by atoms with Crippen LogP contribution in [0.25, 0.3) is 10.9 Å². The van der Waals surface area contributed by atoms with Crippen LogP contribution in [0.2, 0.25) is 0 Å². The molecule has 0 N–H and O–H groups in total. The van der Waals surface area contributed by atoms with E-state index in [2.05, 4.69) is 11.1 Å². The van der Waals surface area contributed by atoms with Crippen LogP contribution in [-0.4, -0.2) is 21.9 Å². The van der Waals surface area contributed by atoms with Gasteiger partial charge in [0.05, 0.1) is 18.6 Å². The van der Waals surface area contributed by atoms with Crippen LogP contribution < -0.4 is 4.74 Å². The monoisotopic (exact) mass is 324 g/mol. The first-order valence-electron chi connectivity index (χ1n) is 7.57. The molecule has 1 aliphatic rings. The summed E-state index contributed by atoms with van der Waals surface area (Å²) in [6.45, 7) is 2.92. The third-order valence-electron chi connectivity index (χ3n) is 4.00. The smallest absolute Gasteiger partial charge is 0.264 e. The van der Waals surface area contributed by atoms with Gasteiger partial charge in [0.15, 0.2) is 6.10 Å². The number of carbonyl (C=O) groups is 1.